The second-order valence-corrected chi connectivity index (χ2v) is 7.65. The SMILES string of the molecule is Cc1c[nH]c(=O)n1-c1ccccc1NC(=O)C1CCN(C(=O)c2ccc(F)cc2)CC1. The lowest BCUT2D eigenvalue weighted by Gasteiger charge is -2.31. The summed E-state index contributed by atoms with van der Waals surface area (Å²) in [4.78, 5) is 42.0. The van der Waals surface area contributed by atoms with E-state index in [9.17, 15) is 18.8 Å². The maximum atomic E-state index is 13.1. The van der Waals surface area contributed by atoms with Gasteiger partial charge in [0.1, 0.15) is 5.82 Å². The molecule has 2 amide bonds. The Balaban J connectivity index is 1.42. The number of hydrogen-bond acceptors (Lipinski definition) is 3. The predicted molar refractivity (Wildman–Crippen MR) is 115 cm³/mol. The van der Waals surface area contributed by atoms with E-state index in [2.05, 4.69) is 10.3 Å². The van der Waals surface area contributed by atoms with Gasteiger partial charge in [-0.3, -0.25) is 14.2 Å². The van der Waals surface area contributed by atoms with Crippen LogP contribution in [-0.4, -0.2) is 39.4 Å². The molecule has 3 aromatic rings. The third-order valence-corrected chi connectivity index (χ3v) is 5.61. The molecule has 0 bridgehead atoms. The maximum Gasteiger partial charge on any atom is 0.330 e. The van der Waals surface area contributed by atoms with E-state index in [1.54, 1.807) is 29.3 Å². The van der Waals surface area contributed by atoms with Crippen molar-refractivity contribution in [2.75, 3.05) is 18.4 Å². The molecule has 0 aliphatic carbocycles. The van der Waals surface area contributed by atoms with Crippen LogP contribution in [0.25, 0.3) is 5.69 Å². The molecule has 2 heterocycles. The van der Waals surface area contributed by atoms with Gasteiger partial charge in [0.25, 0.3) is 5.91 Å². The molecule has 1 saturated heterocycles. The minimum absolute atomic E-state index is 0.137. The Bertz CT molecular complexity index is 1160. The summed E-state index contributed by atoms with van der Waals surface area (Å²) in [6.45, 7) is 2.71. The molecule has 7 nitrogen and oxygen atoms in total. The largest absolute Gasteiger partial charge is 0.339 e. The first-order chi connectivity index (χ1) is 14.9. The zero-order valence-corrected chi connectivity index (χ0v) is 17.1. The van der Waals surface area contributed by atoms with E-state index >= 15 is 0 Å². The zero-order valence-electron chi connectivity index (χ0n) is 17.1. The summed E-state index contributed by atoms with van der Waals surface area (Å²) in [5.41, 5.74) is 2.06. The highest BCUT2D eigenvalue weighted by Gasteiger charge is 2.28. The minimum atomic E-state index is -0.385. The van der Waals surface area contributed by atoms with Crippen LogP contribution in [0, 0.1) is 18.7 Å². The van der Waals surface area contributed by atoms with E-state index in [0.29, 0.717) is 42.9 Å². The van der Waals surface area contributed by atoms with Crippen molar-refractivity contribution < 1.29 is 14.0 Å². The van der Waals surface area contributed by atoms with Crippen molar-refractivity contribution in [3.05, 3.63) is 82.3 Å². The number of aromatic amines is 1. The number of halogens is 1. The Labute approximate surface area is 178 Å². The standard InChI is InChI=1S/C23H23FN4O3/c1-15-14-25-23(31)28(15)20-5-3-2-4-19(20)26-21(29)16-10-12-27(13-11-16)22(30)17-6-8-18(24)9-7-17/h2-9,14,16H,10-13H2,1H3,(H,25,31)(H,26,29). The Morgan fingerprint density at radius 3 is 2.39 bits per heavy atom. The van der Waals surface area contributed by atoms with Gasteiger partial charge in [-0.1, -0.05) is 12.1 Å². The normalized spacial score (nSPS) is 14.5. The number of piperidine rings is 1. The average molecular weight is 422 g/mol. The van der Waals surface area contributed by atoms with Crippen molar-refractivity contribution in [3.8, 4) is 5.69 Å². The lowest BCUT2D eigenvalue weighted by atomic mass is 9.95. The molecule has 0 saturated carbocycles. The van der Waals surface area contributed by atoms with Crippen molar-refractivity contribution in [2.24, 2.45) is 5.92 Å². The maximum absolute atomic E-state index is 13.1. The number of hydrogen-bond donors (Lipinski definition) is 2. The molecule has 8 heteroatoms. The molecular weight excluding hydrogens is 399 g/mol. The number of likely N-dealkylation sites (tertiary alicyclic amines) is 1. The number of H-pyrrole nitrogens is 1. The van der Waals surface area contributed by atoms with Gasteiger partial charge in [0.15, 0.2) is 0 Å². The molecule has 2 N–H and O–H groups in total. The fourth-order valence-electron chi connectivity index (χ4n) is 3.88. The number of carbonyl (C=O) groups is 2. The van der Waals surface area contributed by atoms with Crippen LogP contribution in [0.3, 0.4) is 0 Å². The molecule has 0 atom stereocenters. The fourth-order valence-corrected chi connectivity index (χ4v) is 3.88. The lowest BCUT2D eigenvalue weighted by molar-refractivity contribution is -0.121. The second-order valence-electron chi connectivity index (χ2n) is 7.65. The molecule has 0 unspecified atom stereocenters. The third kappa shape index (κ3) is 4.28. The quantitative estimate of drug-likeness (QED) is 0.677. The van der Waals surface area contributed by atoms with Gasteiger partial charge < -0.3 is 15.2 Å². The molecule has 1 fully saturated rings. The molecule has 160 valence electrons. The summed E-state index contributed by atoms with van der Waals surface area (Å²) in [5, 5.41) is 2.95. The highest BCUT2D eigenvalue weighted by molar-refractivity contribution is 5.96. The van der Waals surface area contributed by atoms with Gasteiger partial charge in [-0.15, -0.1) is 0 Å². The van der Waals surface area contributed by atoms with Crippen LogP contribution in [0.15, 0.2) is 59.5 Å². The van der Waals surface area contributed by atoms with E-state index < -0.39 is 0 Å². The van der Waals surface area contributed by atoms with Crippen molar-refractivity contribution in [3.63, 3.8) is 0 Å². The molecular formula is C23H23FN4O3. The first-order valence-corrected chi connectivity index (χ1v) is 10.2. The number of rotatable bonds is 4. The molecule has 1 aromatic heterocycles. The molecule has 4 rings (SSSR count). The molecule has 0 spiro atoms. The first-order valence-electron chi connectivity index (χ1n) is 10.2. The summed E-state index contributed by atoms with van der Waals surface area (Å²) in [7, 11) is 0. The number of imidazole rings is 1. The second kappa shape index (κ2) is 8.59. The van der Waals surface area contributed by atoms with Gasteiger partial charge in [-0.2, -0.15) is 0 Å². The summed E-state index contributed by atoms with van der Waals surface area (Å²) in [5.74, 6) is -0.923. The van der Waals surface area contributed by atoms with Crippen LogP contribution in [0.1, 0.15) is 28.9 Å². The lowest BCUT2D eigenvalue weighted by Crippen LogP contribution is -2.41. The van der Waals surface area contributed by atoms with Crippen LogP contribution >= 0.6 is 0 Å². The van der Waals surface area contributed by atoms with E-state index in [1.165, 1.54) is 28.8 Å². The van der Waals surface area contributed by atoms with Crippen LogP contribution in [0.4, 0.5) is 10.1 Å². The third-order valence-electron chi connectivity index (χ3n) is 5.61. The number of benzene rings is 2. The number of carbonyl (C=O) groups excluding carboxylic acids is 2. The summed E-state index contributed by atoms with van der Waals surface area (Å²) >= 11 is 0. The van der Waals surface area contributed by atoms with E-state index in [1.807, 2.05) is 13.0 Å². The molecule has 1 aliphatic heterocycles. The van der Waals surface area contributed by atoms with E-state index in [-0.39, 0.29) is 29.2 Å². The number of nitrogens with one attached hydrogen (secondary N) is 2. The van der Waals surface area contributed by atoms with Gasteiger partial charge in [0.2, 0.25) is 5.91 Å². The van der Waals surface area contributed by atoms with Gasteiger partial charge in [0.05, 0.1) is 11.4 Å². The number of aromatic nitrogens is 2. The summed E-state index contributed by atoms with van der Waals surface area (Å²) in [6, 6.07) is 12.6. The molecule has 31 heavy (non-hydrogen) atoms. The zero-order chi connectivity index (χ0) is 22.0. The van der Waals surface area contributed by atoms with Crippen molar-refractivity contribution >= 4 is 17.5 Å². The number of para-hydroxylation sites is 2. The Kier molecular flexibility index (Phi) is 5.70. The fraction of sp³-hybridized carbons (Fsp3) is 0.261. The first kappa shape index (κ1) is 20.6. The number of nitrogens with zero attached hydrogens (tertiary/aromatic N) is 2. The van der Waals surface area contributed by atoms with E-state index in [4.69, 9.17) is 0 Å². The van der Waals surface area contributed by atoms with Gasteiger partial charge in [-0.25, -0.2) is 9.18 Å². The smallest absolute Gasteiger partial charge is 0.330 e. The van der Waals surface area contributed by atoms with E-state index in [0.717, 1.165) is 5.69 Å². The highest BCUT2D eigenvalue weighted by atomic mass is 19.1. The Morgan fingerprint density at radius 1 is 1.06 bits per heavy atom. The van der Waals surface area contributed by atoms with Crippen LogP contribution in [0.5, 0.6) is 0 Å². The van der Waals surface area contributed by atoms with Crippen LogP contribution < -0.4 is 11.0 Å². The minimum Gasteiger partial charge on any atom is -0.339 e. The van der Waals surface area contributed by atoms with Crippen LogP contribution in [-0.2, 0) is 4.79 Å². The Morgan fingerprint density at radius 2 is 1.74 bits per heavy atom. The monoisotopic (exact) mass is 422 g/mol. The number of aryl methyl sites for hydroxylation is 1. The highest BCUT2D eigenvalue weighted by Crippen LogP contribution is 2.24. The number of anilines is 1. The van der Waals surface area contributed by atoms with Gasteiger partial charge >= 0.3 is 5.69 Å². The van der Waals surface area contributed by atoms with Crippen LogP contribution in [0.2, 0.25) is 0 Å². The van der Waals surface area contributed by atoms with Crippen molar-refractivity contribution in [1.29, 1.82) is 0 Å². The molecule has 0 radical (unpaired) electrons. The summed E-state index contributed by atoms with van der Waals surface area (Å²) < 4.78 is 14.6. The number of amides is 2. The van der Waals surface area contributed by atoms with Gasteiger partial charge in [-0.05, 0) is 56.2 Å². The summed E-state index contributed by atoms with van der Waals surface area (Å²) in [6.07, 6.45) is 2.68. The molecule has 1 aliphatic rings. The average Bonchev–Trinajstić information content (AvgIpc) is 3.12. The predicted octanol–water partition coefficient (Wildman–Crippen LogP) is 3.10. The Hall–Kier alpha value is -3.68. The van der Waals surface area contributed by atoms with Gasteiger partial charge in [0, 0.05) is 36.5 Å². The molecule has 2 aromatic carbocycles. The van der Waals surface area contributed by atoms with Crippen molar-refractivity contribution in [1.82, 2.24) is 14.5 Å². The topological polar surface area (TPSA) is 87.2 Å². The van der Waals surface area contributed by atoms with Crippen molar-refractivity contribution in [2.45, 2.75) is 19.8 Å².